The van der Waals surface area contributed by atoms with Crippen molar-refractivity contribution in [2.45, 2.75) is 22.8 Å². The fraction of sp³-hybridized carbons (Fsp3) is 0.143. The molecule has 0 heterocycles. The Morgan fingerprint density at radius 3 is 2.50 bits per heavy atom. The molecule has 1 unspecified atom stereocenters. The molecule has 0 saturated heterocycles. The van der Waals surface area contributed by atoms with Crippen LogP contribution < -0.4 is 5.73 Å². The first kappa shape index (κ1) is 13.1. The number of rotatable bonds is 3. The maximum atomic E-state index is 13.8. The van der Waals surface area contributed by atoms with Gasteiger partial charge in [-0.1, -0.05) is 23.9 Å². The molecule has 0 aliphatic rings. The van der Waals surface area contributed by atoms with Crippen molar-refractivity contribution in [3.05, 3.63) is 59.7 Å². The van der Waals surface area contributed by atoms with Gasteiger partial charge < -0.3 is 5.73 Å². The van der Waals surface area contributed by atoms with Crippen LogP contribution in [0.2, 0.25) is 0 Å². The first-order valence-corrected chi connectivity index (χ1v) is 6.36. The average molecular weight is 265 g/mol. The molecule has 0 aliphatic carbocycles. The van der Waals surface area contributed by atoms with Gasteiger partial charge in [0.1, 0.15) is 11.6 Å². The summed E-state index contributed by atoms with van der Waals surface area (Å²) in [5.41, 5.74) is 6.43. The predicted octanol–water partition coefficient (Wildman–Crippen LogP) is 4.14. The van der Waals surface area contributed by atoms with Gasteiger partial charge in [-0.15, -0.1) is 0 Å². The van der Waals surface area contributed by atoms with E-state index in [1.807, 2.05) is 0 Å². The fourth-order valence-electron chi connectivity index (χ4n) is 1.54. The molecule has 0 spiro atoms. The Labute approximate surface area is 109 Å². The second kappa shape index (κ2) is 5.50. The maximum absolute atomic E-state index is 13.8. The topological polar surface area (TPSA) is 26.0 Å². The fourth-order valence-corrected chi connectivity index (χ4v) is 2.41. The summed E-state index contributed by atoms with van der Waals surface area (Å²) in [5, 5.41) is 0. The summed E-state index contributed by atoms with van der Waals surface area (Å²) < 4.78 is 26.8. The van der Waals surface area contributed by atoms with Gasteiger partial charge in [-0.3, -0.25) is 0 Å². The Kier molecular flexibility index (Phi) is 3.99. The van der Waals surface area contributed by atoms with Gasteiger partial charge in [-0.05, 0) is 42.8 Å². The van der Waals surface area contributed by atoms with Crippen LogP contribution in [0.15, 0.2) is 52.3 Å². The molecule has 0 amide bonds. The molecule has 0 aliphatic heterocycles. The van der Waals surface area contributed by atoms with Crippen molar-refractivity contribution in [1.29, 1.82) is 0 Å². The Morgan fingerprint density at radius 1 is 1.11 bits per heavy atom. The molecule has 1 atom stereocenters. The predicted molar refractivity (Wildman–Crippen MR) is 69.5 cm³/mol. The lowest BCUT2D eigenvalue weighted by molar-refractivity contribution is 0.596. The van der Waals surface area contributed by atoms with Gasteiger partial charge in [-0.2, -0.15) is 0 Å². The second-order valence-corrected chi connectivity index (χ2v) is 5.15. The third-order valence-electron chi connectivity index (χ3n) is 2.51. The molecule has 2 N–H and O–H groups in total. The molecule has 0 bridgehead atoms. The molecular weight excluding hydrogens is 252 g/mol. The SMILES string of the molecule is CC(N)c1ccc(Sc2cccc(F)c2)c(F)c1. The number of halogens is 2. The van der Waals surface area contributed by atoms with Crippen LogP contribution in [-0.4, -0.2) is 0 Å². The van der Waals surface area contributed by atoms with Crippen molar-refractivity contribution in [1.82, 2.24) is 0 Å². The second-order valence-electron chi connectivity index (χ2n) is 4.04. The molecule has 1 nitrogen and oxygen atoms in total. The van der Waals surface area contributed by atoms with E-state index in [1.165, 1.54) is 30.0 Å². The Bertz CT molecular complexity index is 555. The van der Waals surface area contributed by atoms with Crippen molar-refractivity contribution in [3.8, 4) is 0 Å². The van der Waals surface area contributed by atoms with Crippen molar-refractivity contribution in [2.24, 2.45) is 5.73 Å². The Hall–Kier alpha value is -1.39. The van der Waals surface area contributed by atoms with Crippen molar-refractivity contribution in [2.75, 3.05) is 0 Å². The number of benzene rings is 2. The summed E-state index contributed by atoms with van der Waals surface area (Å²) >= 11 is 1.19. The third kappa shape index (κ3) is 3.09. The van der Waals surface area contributed by atoms with E-state index in [1.54, 1.807) is 31.2 Å². The maximum Gasteiger partial charge on any atom is 0.137 e. The molecule has 0 saturated carbocycles. The van der Waals surface area contributed by atoms with Gasteiger partial charge in [-0.25, -0.2) is 8.78 Å². The quantitative estimate of drug-likeness (QED) is 0.902. The highest BCUT2D eigenvalue weighted by molar-refractivity contribution is 7.99. The van der Waals surface area contributed by atoms with E-state index in [0.717, 1.165) is 5.56 Å². The molecule has 18 heavy (non-hydrogen) atoms. The van der Waals surface area contributed by atoms with Gasteiger partial charge in [0.25, 0.3) is 0 Å². The van der Waals surface area contributed by atoms with Crippen LogP contribution in [0.5, 0.6) is 0 Å². The third-order valence-corrected chi connectivity index (χ3v) is 3.55. The van der Waals surface area contributed by atoms with Crippen molar-refractivity contribution >= 4 is 11.8 Å². The van der Waals surface area contributed by atoms with Gasteiger partial charge in [0.2, 0.25) is 0 Å². The standard InChI is InChI=1S/C14H13F2NS/c1-9(17)10-5-6-14(13(16)7-10)18-12-4-2-3-11(15)8-12/h2-9H,17H2,1H3. The Balaban J connectivity index is 2.24. The minimum Gasteiger partial charge on any atom is -0.324 e. The minimum absolute atomic E-state index is 0.201. The monoisotopic (exact) mass is 265 g/mol. The minimum atomic E-state index is -0.334. The van der Waals surface area contributed by atoms with Crippen LogP contribution in [0.1, 0.15) is 18.5 Å². The van der Waals surface area contributed by atoms with Crippen molar-refractivity contribution < 1.29 is 8.78 Å². The van der Waals surface area contributed by atoms with Gasteiger partial charge in [0.05, 0.1) is 0 Å². The number of hydrogen-bond donors (Lipinski definition) is 1. The van der Waals surface area contributed by atoms with Crippen LogP contribution in [0.3, 0.4) is 0 Å². The molecule has 0 aromatic heterocycles. The smallest absolute Gasteiger partial charge is 0.137 e. The summed E-state index contributed by atoms with van der Waals surface area (Å²) in [6, 6.07) is 10.8. The highest BCUT2D eigenvalue weighted by Crippen LogP contribution is 2.31. The van der Waals surface area contributed by atoms with Crippen LogP contribution >= 0.6 is 11.8 Å². The first-order chi connectivity index (χ1) is 8.56. The number of hydrogen-bond acceptors (Lipinski definition) is 2. The first-order valence-electron chi connectivity index (χ1n) is 5.54. The van der Waals surface area contributed by atoms with E-state index in [2.05, 4.69) is 0 Å². The van der Waals surface area contributed by atoms with E-state index in [9.17, 15) is 8.78 Å². The summed E-state index contributed by atoms with van der Waals surface area (Å²) in [6.07, 6.45) is 0. The lowest BCUT2D eigenvalue weighted by Gasteiger charge is -2.08. The van der Waals surface area contributed by atoms with E-state index in [0.29, 0.717) is 9.79 Å². The molecule has 2 rings (SSSR count). The van der Waals surface area contributed by atoms with E-state index >= 15 is 0 Å². The lowest BCUT2D eigenvalue weighted by Crippen LogP contribution is -2.05. The van der Waals surface area contributed by atoms with Gasteiger partial charge in [0.15, 0.2) is 0 Å². The zero-order valence-electron chi connectivity index (χ0n) is 9.86. The largest absolute Gasteiger partial charge is 0.324 e. The van der Waals surface area contributed by atoms with Crippen LogP contribution in [0.25, 0.3) is 0 Å². The molecular formula is C14H13F2NS. The summed E-state index contributed by atoms with van der Waals surface area (Å²) in [5.74, 6) is -0.660. The van der Waals surface area contributed by atoms with E-state index < -0.39 is 0 Å². The van der Waals surface area contributed by atoms with Gasteiger partial charge >= 0.3 is 0 Å². The zero-order chi connectivity index (χ0) is 13.1. The van der Waals surface area contributed by atoms with E-state index in [4.69, 9.17) is 5.73 Å². The summed E-state index contributed by atoms with van der Waals surface area (Å²) in [7, 11) is 0. The van der Waals surface area contributed by atoms with Gasteiger partial charge in [0, 0.05) is 15.8 Å². The normalized spacial score (nSPS) is 12.4. The molecule has 94 valence electrons. The summed E-state index contributed by atoms with van der Waals surface area (Å²) in [4.78, 5) is 1.13. The van der Waals surface area contributed by atoms with Crippen LogP contribution in [0, 0.1) is 11.6 Å². The molecule has 4 heteroatoms. The molecule has 2 aromatic rings. The molecule has 0 radical (unpaired) electrons. The lowest BCUT2D eigenvalue weighted by atomic mass is 10.1. The highest BCUT2D eigenvalue weighted by Gasteiger charge is 2.08. The van der Waals surface area contributed by atoms with Crippen LogP contribution in [0.4, 0.5) is 8.78 Å². The zero-order valence-corrected chi connectivity index (χ0v) is 10.7. The average Bonchev–Trinajstić information content (AvgIpc) is 2.31. The van der Waals surface area contributed by atoms with E-state index in [-0.39, 0.29) is 17.7 Å². The Morgan fingerprint density at radius 2 is 1.89 bits per heavy atom. The molecule has 0 fully saturated rings. The number of nitrogens with two attached hydrogens (primary N) is 1. The highest BCUT2D eigenvalue weighted by atomic mass is 32.2. The summed E-state index contributed by atoms with van der Waals surface area (Å²) in [6.45, 7) is 1.80. The molecule has 2 aromatic carbocycles. The van der Waals surface area contributed by atoms with Crippen LogP contribution in [-0.2, 0) is 0 Å². The van der Waals surface area contributed by atoms with Crippen molar-refractivity contribution in [3.63, 3.8) is 0 Å².